The molecule has 1 N–H and O–H groups in total. The molecule has 2 aromatic heterocycles. The molecule has 20 heavy (non-hydrogen) atoms. The van der Waals surface area contributed by atoms with E-state index in [0.29, 0.717) is 0 Å². The first-order valence-electron chi connectivity index (χ1n) is 6.00. The maximum atomic E-state index is 4.70. The van der Waals surface area contributed by atoms with Gasteiger partial charge in [-0.2, -0.15) is 0 Å². The predicted octanol–water partition coefficient (Wildman–Crippen LogP) is 5.23. The van der Waals surface area contributed by atoms with Gasteiger partial charge in [-0.25, -0.2) is 9.97 Å². The molecule has 6 heteroatoms. The van der Waals surface area contributed by atoms with E-state index in [1.807, 2.05) is 19.2 Å². The summed E-state index contributed by atoms with van der Waals surface area (Å²) >= 11 is 8.78. The summed E-state index contributed by atoms with van der Waals surface area (Å²) in [4.78, 5) is 11.7. The van der Waals surface area contributed by atoms with Gasteiger partial charge in [0.25, 0.3) is 0 Å². The first-order chi connectivity index (χ1) is 9.58. The Balaban J connectivity index is 2.31. The van der Waals surface area contributed by atoms with Crippen LogP contribution in [0.15, 0.2) is 33.2 Å². The van der Waals surface area contributed by atoms with Crippen molar-refractivity contribution in [3.8, 4) is 10.7 Å². The minimum atomic E-state index is 0.753. The van der Waals surface area contributed by atoms with Crippen LogP contribution in [0.4, 0.5) is 5.82 Å². The number of aryl methyl sites for hydroxylation is 1. The Kier molecular flexibility index (Phi) is 3.79. The second-order valence-corrected chi connectivity index (χ2v) is 7.40. The van der Waals surface area contributed by atoms with Crippen LogP contribution in [0, 0.1) is 6.92 Å². The highest BCUT2D eigenvalue weighted by Crippen LogP contribution is 2.34. The molecule has 1 aromatic carbocycles. The molecule has 0 amide bonds. The molecule has 0 saturated heterocycles. The lowest BCUT2D eigenvalue weighted by molar-refractivity contribution is 1.22. The number of benzene rings is 1. The first-order valence-corrected chi connectivity index (χ1v) is 8.40. The summed E-state index contributed by atoms with van der Waals surface area (Å²) < 4.78 is 1.95. The summed E-state index contributed by atoms with van der Waals surface area (Å²) in [5, 5.41) is 4.14. The first kappa shape index (κ1) is 14.0. The Morgan fingerprint density at radius 1 is 1.15 bits per heavy atom. The van der Waals surface area contributed by atoms with Crippen LogP contribution < -0.4 is 5.32 Å². The molecule has 0 fully saturated rings. The third-order valence-corrected chi connectivity index (χ3v) is 4.98. The zero-order valence-electron chi connectivity index (χ0n) is 10.9. The van der Waals surface area contributed by atoms with Crippen LogP contribution in [-0.4, -0.2) is 17.0 Å². The molecular weight excluding hydrogens is 402 g/mol. The summed E-state index contributed by atoms with van der Waals surface area (Å²) in [5.74, 6) is 1.58. The van der Waals surface area contributed by atoms with Crippen LogP contribution in [0.3, 0.4) is 0 Å². The molecule has 0 aliphatic rings. The number of hydrogen-bond donors (Lipinski definition) is 1. The molecule has 3 nitrogen and oxygen atoms in total. The summed E-state index contributed by atoms with van der Waals surface area (Å²) in [7, 11) is 1.88. The Labute approximate surface area is 137 Å². The van der Waals surface area contributed by atoms with Gasteiger partial charge in [0, 0.05) is 26.3 Å². The van der Waals surface area contributed by atoms with Gasteiger partial charge in [0.15, 0.2) is 5.82 Å². The lowest BCUT2D eigenvalue weighted by Crippen LogP contribution is -1.98. The zero-order valence-corrected chi connectivity index (χ0v) is 14.9. The molecule has 0 atom stereocenters. The monoisotopic (exact) mass is 411 g/mol. The molecule has 2 heterocycles. The van der Waals surface area contributed by atoms with Crippen molar-refractivity contribution in [3.63, 3.8) is 0 Å². The van der Waals surface area contributed by atoms with E-state index >= 15 is 0 Å². The standard InChI is InChI=1S/C14H11Br2N3S/c1-7-3-4-11(20-7)14-18-12-9(13(17-2)19-14)5-8(15)6-10(12)16/h3-6H,1-2H3,(H,17,18,19). The normalized spacial score (nSPS) is 11.0. The van der Waals surface area contributed by atoms with Crippen LogP contribution in [0.5, 0.6) is 0 Å². The highest BCUT2D eigenvalue weighted by Gasteiger charge is 2.12. The number of halogens is 2. The number of fused-ring (bicyclic) bond motifs is 1. The summed E-state index contributed by atoms with van der Waals surface area (Å²) in [5.41, 5.74) is 0.911. The maximum absolute atomic E-state index is 4.70. The average Bonchev–Trinajstić information content (AvgIpc) is 2.84. The number of nitrogens with one attached hydrogen (secondary N) is 1. The number of nitrogens with zero attached hydrogens (tertiary/aromatic N) is 2. The molecule has 0 aliphatic carbocycles. The third-order valence-electron chi connectivity index (χ3n) is 2.92. The van der Waals surface area contributed by atoms with Crippen LogP contribution >= 0.6 is 43.2 Å². The molecular formula is C14H11Br2N3S. The molecule has 3 aromatic rings. The zero-order chi connectivity index (χ0) is 14.3. The molecule has 0 spiro atoms. The Morgan fingerprint density at radius 2 is 1.95 bits per heavy atom. The highest BCUT2D eigenvalue weighted by atomic mass is 79.9. The molecule has 0 unspecified atom stereocenters. The Morgan fingerprint density at radius 3 is 2.60 bits per heavy atom. The van der Waals surface area contributed by atoms with Gasteiger partial charge in [-0.3, -0.25) is 0 Å². The van der Waals surface area contributed by atoms with Crippen molar-refractivity contribution in [2.75, 3.05) is 12.4 Å². The van der Waals surface area contributed by atoms with Gasteiger partial charge in [-0.15, -0.1) is 11.3 Å². The van der Waals surface area contributed by atoms with Gasteiger partial charge in [0.1, 0.15) is 5.82 Å². The predicted molar refractivity (Wildman–Crippen MR) is 92.5 cm³/mol. The Hall–Kier alpha value is -0.980. The lowest BCUT2D eigenvalue weighted by atomic mass is 10.2. The van der Waals surface area contributed by atoms with Crippen molar-refractivity contribution in [1.82, 2.24) is 9.97 Å². The molecule has 3 rings (SSSR count). The van der Waals surface area contributed by atoms with E-state index in [-0.39, 0.29) is 0 Å². The van der Waals surface area contributed by atoms with E-state index in [1.165, 1.54) is 4.88 Å². The minimum Gasteiger partial charge on any atom is -0.373 e. The number of thiophene rings is 1. The number of anilines is 1. The summed E-state index contributed by atoms with van der Waals surface area (Å²) in [6, 6.07) is 8.17. The summed E-state index contributed by atoms with van der Waals surface area (Å²) in [6.07, 6.45) is 0. The molecule has 0 bridgehead atoms. The van der Waals surface area contributed by atoms with Gasteiger partial charge in [0.2, 0.25) is 0 Å². The van der Waals surface area contributed by atoms with E-state index in [0.717, 1.165) is 36.4 Å². The minimum absolute atomic E-state index is 0.753. The van der Waals surface area contributed by atoms with Crippen molar-refractivity contribution in [2.24, 2.45) is 0 Å². The van der Waals surface area contributed by atoms with Crippen molar-refractivity contribution in [1.29, 1.82) is 0 Å². The number of hydrogen-bond acceptors (Lipinski definition) is 4. The van der Waals surface area contributed by atoms with Crippen LogP contribution in [-0.2, 0) is 0 Å². The smallest absolute Gasteiger partial charge is 0.172 e. The fraction of sp³-hybridized carbons (Fsp3) is 0.143. The lowest BCUT2D eigenvalue weighted by Gasteiger charge is -2.09. The van der Waals surface area contributed by atoms with Gasteiger partial charge in [0.05, 0.1) is 10.4 Å². The highest BCUT2D eigenvalue weighted by molar-refractivity contribution is 9.11. The molecule has 0 radical (unpaired) electrons. The molecule has 0 saturated carbocycles. The van der Waals surface area contributed by atoms with E-state index in [2.05, 4.69) is 61.2 Å². The number of aromatic nitrogens is 2. The second kappa shape index (κ2) is 5.42. The van der Waals surface area contributed by atoms with E-state index in [1.54, 1.807) is 11.3 Å². The van der Waals surface area contributed by atoms with Gasteiger partial charge in [-0.1, -0.05) is 15.9 Å². The summed E-state index contributed by atoms with van der Waals surface area (Å²) in [6.45, 7) is 2.08. The molecule has 102 valence electrons. The third kappa shape index (κ3) is 2.47. The van der Waals surface area contributed by atoms with E-state index < -0.39 is 0 Å². The SMILES string of the molecule is CNc1nc(-c2ccc(C)s2)nc2c(Br)cc(Br)cc12. The topological polar surface area (TPSA) is 37.8 Å². The van der Waals surface area contributed by atoms with Gasteiger partial charge in [-0.05, 0) is 47.1 Å². The average molecular weight is 413 g/mol. The Bertz CT molecular complexity index is 798. The van der Waals surface area contributed by atoms with E-state index in [4.69, 9.17) is 4.98 Å². The van der Waals surface area contributed by atoms with Crippen molar-refractivity contribution >= 4 is 59.9 Å². The van der Waals surface area contributed by atoms with Crippen LogP contribution in [0.2, 0.25) is 0 Å². The van der Waals surface area contributed by atoms with Crippen LogP contribution in [0.25, 0.3) is 21.6 Å². The quantitative estimate of drug-likeness (QED) is 0.625. The van der Waals surface area contributed by atoms with Gasteiger partial charge < -0.3 is 5.32 Å². The fourth-order valence-corrected chi connectivity index (χ4v) is 4.13. The van der Waals surface area contributed by atoms with Crippen molar-refractivity contribution in [2.45, 2.75) is 6.92 Å². The van der Waals surface area contributed by atoms with Gasteiger partial charge >= 0.3 is 0 Å². The van der Waals surface area contributed by atoms with Crippen LogP contribution in [0.1, 0.15) is 4.88 Å². The fourth-order valence-electron chi connectivity index (χ4n) is 2.01. The maximum Gasteiger partial charge on any atom is 0.172 e. The van der Waals surface area contributed by atoms with Crippen molar-refractivity contribution in [3.05, 3.63) is 38.1 Å². The van der Waals surface area contributed by atoms with E-state index in [9.17, 15) is 0 Å². The molecule has 0 aliphatic heterocycles. The number of rotatable bonds is 2. The largest absolute Gasteiger partial charge is 0.373 e. The van der Waals surface area contributed by atoms with Crippen molar-refractivity contribution < 1.29 is 0 Å². The second-order valence-electron chi connectivity index (χ2n) is 4.34.